The van der Waals surface area contributed by atoms with Crippen LogP contribution in [0.5, 0.6) is 0 Å². The molecule has 0 radical (unpaired) electrons. The Morgan fingerprint density at radius 3 is 2.36 bits per heavy atom. The fourth-order valence-corrected chi connectivity index (χ4v) is 5.95. The minimum Gasteiger partial charge on any atom is -0.377 e. The highest BCUT2D eigenvalue weighted by atomic mass is 19.1. The van der Waals surface area contributed by atoms with Crippen LogP contribution in [-0.4, -0.2) is 40.3 Å². The zero-order valence-electron chi connectivity index (χ0n) is 20.5. The molecule has 3 N–H and O–H groups in total. The van der Waals surface area contributed by atoms with Gasteiger partial charge in [0.2, 0.25) is 0 Å². The Labute approximate surface area is 209 Å². The van der Waals surface area contributed by atoms with E-state index >= 15 is 0 Å². The molecule has 0 spiro atoms. The van der Waals surface area contributed by atoms with Crippen LogP contribution in [0.2, 0.25) is 0 Å². The summed E-state index contributed by atoms with van der Waals surface area (Å²) in [6.45, 7) is 7.45. The first-order chi connectivity index (χ1) is 17.5. The lowest BCUT2D eigenvalue weighted by Gasteiger charge is -2.36. The van der Waals surface area contributed by atoms with E-state index in [1.807, 2.05) is 30.3 Å². The third kappa shape index (κ3) is 4.18. The molecular formula is C29H30FN5O. The minimum atomic E-state index is -0.278. The molecule has 36 heavy (non-hydrogen) atoms. The van der Waals surface area contributed by atoms with Gasteiger partial charge in [-0.05, 0) is 54.8 Å². The highest BCUT2D eigenvalue weighted by Crippen LogP contribution is 2.46. The third-order valence-electron chi connectivity index (χ3n) is 7.39. The molecule has 0 bridgehead atoms. The number of nitrogens with one attached hydrogen (secondary N) is 3. The molecule has 184 valence electrons. The molecule has 0 aliphatic carbocycles. The van der Waals surface area contributed by atoms with E-state index in [-0.39, 0.29) is 23.3 Å². The van der Waals surface area contributed by atoms with Crippen LogP contribution in [0.3, 0.4) is 0 Å². The van der Waals surface area contributed by atoms with Crippen molar-refractivity contribution in [2.24, 2.45) is 0 Å². The van der Waals surface area contributed by atoms with Crippen LogP contribution in [0.15, 0.2) is 71.5 Å². The van der Waals surface area contributed by atoms with Gasteiger partial charge < -0.3 is 10.6 Å². The predicted molar refractivity (Wildman–Crippen MR) is 141 cm³/mol. The Balaban J connectivity index is 1.37. The Hall–Kier alpha value is -3.55. The fourth-order valence-electron chi connectivity index (χ4n) is 5.95. The summed E-state index contributed by atoms with van der Waals surface area (Å²) in [4.78, 5) is 15.0. The van der Waals surface area contributed by atoms with Crippen LogP contribution >= 0.6 is 0 Å². The molecule has 2 aliphatic rings. The quantitative estimate of drug-likeness (QED) is 0.397. The number of hydrogen-bond donors (Lipinski definition) is 3. The highest BCUT2D eigenvalue weighted by Gasteiger charge is 2.35. The van der Waals surface area contributed by atoms with Gasteiger partial charge in [0.25, 0.3) is 5.56 Å². The second-order valence-electron chi connectivity index (χ2n) is 10.2. The first kappa shape index (κ1) is 22.9. The van der Waals surface area contributed by atoms with Gasteiger partial charge in [0.1, 0.15) is 5.82 Å². The average Bonchev–Trinajstić information content (AvgIpc) is 2.86. The van der Waals surface area contributed by atoms with Gasteiger partial charge >= 0.3 is 0 Å². The van der Waals surface area contributed by atoms with Crippen molar-refractivity contribution in [3.8, 4) is 0 Å². The number of rotatable bonds is 4. The summed E-state index contributed by atoms with van der Waals surface area (Å²) in [6, 6.07) is 21.9. The lowest BCUT2D eigenvalue weighted by Crippen LogP contribution is -2.53. The molecule has 4 atom stereocenters. The van der Waals surface area contributed by atoms with Gasteiger partial charge in [0.05, 0.1) is 23.0 Å². The topological polar surface area (TPSA) is 73.0 Å². The number of aromatic amines is 1. The molecule has 4 aromatic rings. The molecule has 3 aromatic carbocycles. The van der Waals surface area contributed by atoms with Gasteiger partial charge in [-0.1, -0.05) is 42.5 Å². The maximum atomic E-state index is 13.8. The molecule has 7 heteroatoms. The monoisotopic (exact) mass is 483 g/mol. The van der Waals surface area contributed by atoms with Gasteiger partial charge in [0, 0.05) is 42.8 Å². The Bertz CT molecular complexity index is 1440. The van der Waals surface area contributed by atoms with Gasteiger partial charge in [-0.2, -0.15) is 5.10 Å². The number of halogens is 1. The van der Waals surface area contributed by atoms with Crippen LogP contribution in [0.4, 0.5) is 10.1 Å². The van der Waals surface area contributed by atoms with Crippen LogP contribution in [0, 0.1) is 5.82 Å². The largest absolute Gasteiger partial charge is 0.377 e. The summed E-state index contributed by atoms with van der Waals surface area (Å²) >= 11 is 0. The van der Waals surface area contributed by atoms with E-state index in [0.29, 0.717) is 17.5 Å². The molecule has 6 rings (SSSR count). The molecular weight excluding hydrogens is 453 g/mol. The van der Waals surface area contributed by atoms with E-state index < -0.39 is 0 Å². The maximum absolute atomic E-state index is 13.8. The van der Waals surface area contributed by atoms with E-state index in [1.54, 1.807) is 0 Å². The van der Waals surface area contributed by atoms with Crippen LogP contribution in [0.25, 0.3) is 10.8 Å². The SMILES string of the molecule is CC1CN(Cc2ccc(C3Nc4cccc5c(=O)[nH]nc(c45)C3c3ccc(F)cc3)cc2)CC(C)N1. The summed E-state index contributed by atoms with van der Waals surface area (Å²) in [7, 11) is 0. The number of H-pyrrole nitrogens is 1. The van der Waals surface area contributed by atoms with Crippen molar-refractivity contribution in [1.82, 2.24) is 20.4 Å². The molecule has 2 aliphatic heterocycles. The zero-order chi connectivity index (χ0) is 24.8. The second-order valence-corrected chi connectivity index (χ2v) is 10.2. The van der Waals surface area contributed by atoms with E-state index in [2.05, 4.69) is 63.8 Å². The minimum absolute atomic E-state index is 0.125. The molecule has 1 saturated heterocycles. The van der Waals surface area contributed by atoms with E-state index in [4.69, 9.17) is 0 Å². The van der Waals surface area contributed by atoms with E-state index in [0.717, 1.165) is 47.5 Å². The number of benzene rings is 3. The molecule has 4 unspecified atom stereocenters. The number of piperazine rings is 1. The highest BCUT2D eigenvalue weighted by molar-refractivity contribution is 5.97. The van der Waals surface area contributed by atoms with Crippen molar-refractivity contribution >= 4 is 16.5 Å². The fraction of sp³-hybridized carbons (Fsp3) is 0.310. The summed E-state index contributed by atoms with van der Waals surface area (Å²) in [5, 5.41) is 15.9. The number of aromatic nitrogens is 2. The van der Waals surface area contributed by atoms with E-state index in [1.165, 1.54) is 17.7 Å². The van der Waals surface area contributed by atoms with Crippen LogP contribution < -0.4 is 16.2 Å². The number of nitrogens with zero attached hydrogens (tertiary/aromatic N) is 2. The molecule has 0 amide bonds. The zero-order valence-corrected chi connectivity index (χ0v) is 20.5. The van der Waals surface area contributed by atoms with Gasteiger partial charge in [0.15, 0.2) is 0 Å². The Morgan fingerprint density at radius 2 is 1.64 bits per heavy atom. The van der Waals surface area contributed by atoms with Crippen LogP contribution in [0.1, 0.15) is 48.2 Å². The smallest absolute Gasteiger partial charge is 0.272 e. The van der Waals surface area contributed by atoms with Crippen LogP contribution in [-0.2, 0) is 6.54 Å². The first-order valence-electron chi connectivity index (χ1n) is 12.6. The number of anilines is 1. The van der Waals surface area contributed by atoms with E-state index in [9.17, 15) is 9.18 Å². The molecule has 1 fully saturated rings. The average molecular weight is 484 g/mol. The lowest BCUT2D eigenvalue weighted by molar-refractivity contribution is 0.166. The van der Waals surface area contributed by atoms with Gasteiger partial charge in [-0.15, -0.1) is 0 Å². The summed E-state index contributed by atoms with van der Waals surface area (Å²) in [5.74, 6) is -0.472. The standard InChI is InChI=1S/C29H30FN5O/c1-17-14-35(15-18(2)31-17)16-19-6-8-21(9-7-19)27-25(20-10-12-22(30)13-11-20)28-26-23(29(36)34-33-28)4-3-5-24(26)32-27/h3-13,17-18,25,27,31-32H,14-16H2,1-2H3,(H,34,36). The van der Waals surface area contributed by atoms with Crippen molar-refractivity contribution in [1.29, 1.82) is 0 Å². The molecule has 0 saturated carbocycles. The Morgan fingerprint density at radius 1 is 0.944 bits per heavy atom. The third-order valence-corrected chi connectivity index (χ3v) is 7.39. The Kier molecular flexibility index (Phi) is 5.82. The second kappa shape index (κ2) is 9.15. The normalized spacial score (nSPS) is 24.0. The van der Waals surface area contributed by atoms with Crippen molar-refractivity contribution in [2.75, 3.05) is 18.4 Å². The van der Waals surface area contributed by atoms with Gasteiger partial charge in [-0.3, -0.25) is 9.69 Å². The predicted octanol–water partition coefficient (Wildman–Crippen LogP) is 4.54. The van der Waals surface area contributed by atoms with Crippen molar-refractivity contribution in [2.45, 2.75) is 44.4 Å². The first-order valence-corrected chi connectivity index (χ1v) is 12.6. The lowest BCUT2D eigenvalue weighted by atomic mass is 9.80. The molecule has 3 heterocycles. The summed E-state index contributed by atoms with van der Waals surface area (Å²) < 4.78 is 13.8. The summed E-state index contributed by atoms with van der Waals surface area (Å²) in [6.07, 6.45) is 0. The molecule has 6 nitrogen and oxygen atoms in total. The number of hydrogen-bond acceptors (Lipinski definition) is 5. The van der Waals surface area contributed by atoms with Crippen molar-refractivity contribution in [3.05, 3.63) is 105 Å². The molecule has 1 aromatic heterocycles. The van der Waals surface area contributed by atoms with Crippen molar-refractivity contribution in [3.63, 3.8) is 0 Å². The van der Waals surface area contributed by atoms with Gasteiger partial charge in [-0.25, -0.2) is 9.49 Å². The maximum Gasteiger partial charge on any atom is 0.272 e. The summed E-state index contributed by atoms with van der Waals surface area (Å²) in [5.41, 5.74) is 4.80. The van der Waals surface area contributed by atoms with Crippen molar-refractivity contribution < 1.29 is 4.39 Å².